The summed E-state index contributed by atoms with van der Waals surface area (Å²) in [6.07, 6.45) is 8.67. The molecule has 1 aliphatic heterocycles. The standard InChI is InChI=1S/C11H19N3O/c12-5-3-10-8-13-9-14(10)6-4-11-2-1-7-15-11/h8-9,11H,1-7,12H2. The first kappa shape index (κ1) is 10.6. The highest BCUT2D eigenvalue weighted by Gasteiger charge is 2.15. The Bertz CT molecular complexity index is 292. The normalized spacial score (nSPS) is 21.0. The van der Waals surface area contributed by atoms with Crippen LogP contribution in [0.4, 0.5) is 0 Å². The van der Waals surface area contributed by atoms with E-state index in [2.05, 4.69) is 9.55 Å². The molecule has 1 fully saturated rings. The van der Waals surface area contributed by atoms with Crippen LogP contribution in [-0.4, -0.2) is 28.8 Å². The number of aromatic nitrogens is 2. The van der Waals surface area contributed by atoms with Gasteiger partial charge in [0.1, 0.15) is 0 Å². The Morgan fingerprint density at radius 3 is 3.27 bits per heavy atom. The fraction of sp³-hybridized carbons (Fsp3) is 0.727. The van der Waals surface area contributed by atoms with Gasteiger partial charge < -0.3 is 15.0 Å². The van der Waals surface area contributed by atoms with Crippen LogP contribution in [0.25, 0.3) is 0 Å². The summed E-state index contributed by atoms with van der Waals surface area (Å²) in [5.74, 6) is 0. The molecule has 0 bridgehead atoms. The zero-order valence-corrected chi connectivity index (χ0v) is 9.06. The van der Waals surface area contributed by atoms with Gasteiger partial charge in [-0.25, -0.2) is 4.98 Å². The molecule has 0 amide bonds. The molecule has 0 aliphatic carbocycles. The molecule has 1 atom stereocenters. The van der Waals surface area contributed by atoms with E-state index in [1.807, 2.05) is 12.5 Å². The second-order valence-corrected chi connectivity index (χ2v) is 4.04. The van der Waals surface area contributed by atoms with Crippen LogP contribution in [0.5, 0.6) is 0 Å². The first-order chi connectivity index (χ1) is 7.40. The maximum atomic E-state index is 5.59. The quantitative estimate of drug-likeness (QED) is 0.785. The molecule has 1 aromatic rings. The number of ether oxygens (including phenoxy) is 1. The van der Waals surface area contributed by atoms with Gasteiger partial charge >= 0.3 is 0 Å². The summed E-state index contributed by atoms with van der Waals surface area (Å²) in [7, 11) is 0. The Morgan fingerprint density at radius 2 is 2.53 bits per heavy atom. The molecule has 2 rings (SSSR count). The molecule has 0 aromatic carbocycles. The molecule has 0 radical (unpaired) electrons. The Labute approximate surface area is 90.4 Å². The van der Waals surface area contributed by atoms with Crippen LogP contribution in [0.2, 0.25) is 0 Å². The summed E-state index contributed by atoms with van der Waals surface area (Å²) in [4.78, 5) is 4.15. The van der Waals surface area contributed by atoms with Crippen molar-refractivity contribution in [2.24, 2.45) is 5.73 Å². The van der Waals surface area contributed by atoms with Crippen molar-refractivity contribution in [1.82, 2.24) is 9.55 Å². The van der Waals surface area contributed by atoms with E-state index in [4.69, 9.17) is 10.5 Å². The minimum absolute atomic E-state index is 0.457. The van der Waals surface area contributed by atoms with E-state index < -0.39 is 0 Å². The van der Waals surface area contributed by atoms with E-state index in [1.54, 1.807) is 0 Å². The Balaban J connectivity index is 1.83. The molecule has 4 heteroatoms. The van der Waals surface area contributed by atoms with Crippen molar-refractivity contribution in [3.8, 4) is 0 Å². The molecule has 1 aromatic heterocycles. The van der Waals surface area contributed by atoms with Gasteiger partial charge in [-0.3, -0.25) is 0 Å². The molecule has 84 valence electrons. The SMILES string of the molecule is NCCc1cncn1CCC1CCCO1. The van der Waals surface area contributed by atoms with Crippen molar-refractivity contribution >= 4 is 0 Å². The van der Waals surface area contributed by atoms with Crippen molar-refractivity contribution in [2.75, 3.05) is 13.2 Å². The van der Waals surface area contributed by atoms with E-state index in [0.717, 1.165) is 26.0 Å². The lowest BCUT2D eigenvalue weighted by molar-refractivity contribution is 0.100. The zero-order chi connectivity index (χ0) is 10.5. The third kappa shape index (κ3) is 2.79. The number of aryl methyl sites for hydroxylation is 1. The highest BCUT2D eigenvalue weighted by atomic mass is 16.5. The van der Waals surface area contributed by atoms with E-state index >= 15 is 0 Å². The smallest absolute Gasteiger partial charge is 0.0948 e. The lowest BCUT2D eigenvalue weighted by Gasteiger charge is -2.11. The first-order valence-corrected chi connectivity index (χ1v) is 5.71. The highest BCUT2D eigenvalue weighted by molar-refractivity contribution is 4.98. The number of hydrogen-bond acceptors (Lipinski definition) is 3. The number of nitrogens with two attached hydrogens (primary N) is 1. The third-order valence-corrected chi connectivity index (χ3v) is 2.91. The summed E-state index contributed by atoms with van der Waals surface area (Å²) in [5.41, 5.74) is 6.77. The van der Waals surface area contributed by atoms with Gasteiger partial charge in [0.2, 0.25) is 0 Å². The molecule has 0 spiro atoms. The molecular weight excluding hydrogens is 190 g/mol. The van der Waals surface area contributed by atoms with Gasteiger partial charge in [-0.15, -0.1) is 0 Å². The lowest BCUT2D eigenvalue weighted by Crippen LogP contribution is -2.13. The van der Waals surface area contributed by atoms with E-state index in [-0.39, 0.29) is 0 Å². The van der Waals surface area contributed by atoms with Crippen LogP contribution in [0.3, 0.4) is 0 Å². The summed E-state index contributed by atoms with van der Waals surface area (Å²) in [6, 6.07) is 0. The van der Waals surface area contributed by atoms with Gasteiger partial charge in [-0.05, 0) is 25.8 Å². The fourth-order valence-corrected chi connectivity index (χ4v) is 2.06. The van der Waals surface area contributed by atoms with Crippen LogP contribution in [-0.2, 0) is 17.7 Å². The summed E-state index contributed by atoms with van der Waals surface area (Å²) < 4.78 is 7.78. The highest BCUT2D eigenvalue weighted by Crippen LogP contribution is 2.16. The van der Waals surface area contributed by atoms with E-state index in [0.29, 0.717) is 12.6 Å². The molecule has 2 N–H and O–H groups in total. The van der Waals surface area contributed by atoms with Gasteiger partial charge in [0, 0.05) is 31.5 Å². The van der Waals surface area contributed by atoms with Crippen LogP contribution < -0.4 is 5.73 Å². The molecule has 0 saturated carbocycles. The van der Waals surface area contributed by atoms with Gasteiger partial charge in [0.15, 0.2) is 0 Å². The summed E-state index contributed by atoms with van der Waals surface area (Å²) >= 11 is 0. The van der Waals surface area contributed by atoms with Crippen LogP contribution in [0, 0.1) is 0 Å². The number of hydrogen-bond donors (Lipinski definition) is 1. The monoisotopic (exact) mass is 209 g/mol. The average Bonchev–Trinajstić information content (AvgIpc) is 2.85. The number of rotatable bonds is 5. The Kier molecular flexibility index (Phi) is 3.75. The van der Waals surface area contributed by atoms with E-state index in [9.17, 15) is 0 Å². The largest absolute Gasteiger partial charge is 0.378 e. The number of imidazole rings is 1. The molecule has 1 saturated heterocycles. The van der Waals surface area contributed by atoms with Crippen molar-refractivity contribution in [1.29, 1.82) is 0 Å². The lowest BCUT2D eigenvalue weighted by atomic mass is 10.2. The van der Waals surface area contributed by atoms with Crippen LogP contribution >= 0.6 is 0 Å². The maximum Gasteiger partial charge on any atom is 0.0948 e. The minimum atomic E-state index is 0.457. The predicted molar refractivity (Wildman–Crippen MR) is 58.6 cm³/mol. The second-order valence-electron chi connectivity index (χ2n) is 4.04. The molecule has 15 heavy (non-hydrogen) atoms. The molecule has 4 nitrogen and oxygen atoms in total. The molecule has 2 heterocycles. The third-order valence-electron chi connectivity index (χ3n) is 2.91. The van der Waals surface area contributed by atoms with Crippen molar-refractivity contribution in [2.45, 2.75) is 38.3 Å². The first-order valence-electron chi connectivity index (χ1n) is 5.71. The fourth-order valence-electron chi connectivity index (χ4n) is 2.06. The van der Waals surface area contributed by atoms with Crippen molar-refractivity contribution < 1.29 is 4.74 Å². The Morgan fingerprint density at radius 1 is 1.60 bits per heavy atom. The average molecular weight is 209 g/mol. The molecular formula is C11H19N3O. The predicted octanol–water partition coefficient (Wildman–Crippen LogP) is 0.953. The zero-order valence-electron chi connectivity index (χ0n) is 9.06. The second kappa shape index (κ2) is 5.28. The van der Waals surface area contributed by atoms with Crippen LogP contribution in [0.15, 0.2) is 12.5 Å². The number of nitrogens with zero attached hydrogens (tertiary/aromatic N) is 2. The topological polar surface area (TPSA) is 53.1 Å². The maximum absolute atomic E-state index is 5.59. The Hall–Kier alpha value is -0.870. The van der Waals surface area contributed by atoms with Gasteiger partial charge in [-0.2, -0.15) is 0 Å². The summed E-state index contributed by atoms with van der Waals surface area (Å²) in [6.45, 7) is 2.62. The van der Waals surface area contributed by atoms with Gasteiger partial charge in [0.25, 0.3) is 0 Å². The minimum Gasteiger partial charge on any atom is -0.378 e. The van der Waals surface area contributed by atoms with Crippen LogP contribution in [0.1, 0.15) is 25.0 Å². The van der Waals surface area contributed by atoms with E-state index in [1.165, 1.54) is 18.5 Å². The van der Waals surface area contributed by atoms with Gasteiger partial charge in [0.05, 0.1) is 12.4 Å². The summed E-state index contributed by atoms with van der Waals surface area (Å²) in [5, 5.41) is 0. The van der Waals surface area contributed by atoms with Crippen molar-refractivity contribution in [3.05, 3.63) is 18.2 Å². The van der Waals surface area contributed by atoms with Gasteiger partial charge in [-0.1, -0.05) is 0 Å². The molecule has 1 aliphatic rings. The van der Waals surface area contributed by atoms with Crippen molar-refractivity contribution in [3.63, 3.8) is 0 Å². The molecule has 1 unspecified atom stereocenters.